The van der Waals surface area contributed by atoms with Gasteiger partial charge in [0, 0.05) is 23.6 Å². The molecule has 0 aliphatic heterocycles. The van der Waals surface area contributed by atoms with Gasteiger partial charge in [0.25, 0.3) is 5.91 Å². The van der Waals surface area contributed by atoms with Gasteiger partial charge in [-0.25, -0.2) is 8.42 Å². The third-order valence-electron chi connectivity index (χ3n) is 1.86. The van der Waals surface area contributed by atoms with Crippen LogP contribution in [0.15, 0.2) is 33.7 Å². The number of amides is 1. The van der Waals surface area contributed by atoms with E-state index in [9.17, 15) is 13.2 Å². The fraction of sp³-hybridized carbons (Fsp3) is 0.111. The van der Waals surface area contributed by atoms with Crippen molar-refractivity contribution in [1.82, 2.24) is 5.32 Å². The largest absolute Gasteiger partial charge is 0.369 e. The number of carbonyl (C=O) groups excluding carboxylic acids is 1. The summed E-state index contributed by atoms with van der Waals surface area (Å²) in [6, 6.07) is 5.54. The molecule has 1 amide bonds. The van der Waals surface area contributed by atoms with Crippen molar-refractivity contribution < 1.29 is 13.2 Å². The van der Waals surface area contributed by atoms with Crippen molar-refractivity contribution in [3.8, 4) is 0 Å². The van der Waals surface area contributed by atoms with Crippen LogP contribution in [0.4, 0.5) is 0 Å². The van der Waals surface area contributed by atoms with Crippen LogP contribution in [0.25, 0.3) is 0 Å². The van der Waals surface area contributed by atoms with Crippen LogP contribution < -0.4 is 11.1 Å². The van der Waals surface area contributed by atoms with Crippen LogP contribution in [-0.2, 0) is 9.84 Å². The molecule has 0 fully saturated rings. The van der Waals surface area contributed by atoms with Gasteiger partial charge in [-0.15, -0.1) is 16.9 Å². The topological polar surface area (TPSA) is 102 Å². The maximum atomic E-state index is 11.6. The number of nitrogens with one attached hydrogen (secondary N) is 1. The smallest absolute Gasteiger partial charge is 0.258 e. The minimum absolute atomic E-state index is 0. The minimum Gasteiger partial charge on any atom is -0.369 e. The zero-order chi connectivity index (χ0) is 13.1. The van der Waals surface area contributed by atoms with E-state index in [-0.39, 0.29) is 28.8 Å². The number of halogens is 2. The van der Waals surface area contributed by atoms with E-state index in [0.717, 1.165) is 6.26 Å². The average molecular weight is 312 g/mol. The Morgan fingerprint density at radius 3 is 2.56 bits per heavy atom. The lowest BCUT2D eigenvalue weighted by molar-refractivity contribution is 0.0976. The van der Waals surface area contributed by atoms with E-state index in [0.29, 0.717) is 0 Å². The van der Waals surface area contributed by atoms with Gasteiger partial charge in [-0.1, -0.05) is 6.07 Å². The van der Waals surface area contributed by atoms with Crippen LogP contribution in [-0.4, -0.2) is 26.5 Å². The van der Waals surface area contributed by atoms with Crippen molar-refractivity contribution in [1.29, 1.82) is 0 Å². The number of rotatable bonds is 2. The lowest BCUT2D eigenvalue weighted by atomic mass is 10.2. The molecule has 1 aromatic rings. The molecule has 0 saturated heterocycles. The van der Waals surface area contributed by atoms with Crippen molar-refractivity contribution >= 4 is 45.9 Å². The fourth-order valence-corrected chi connectivity index (χ4v) is 1.79. The molecule has 100 valence electrons. The van der Waals surface area contributed by atoms with E-state index in [1.165, 1.54) is 24.3 Å². The molecule has 0 aliphatic carbocycles. The Kier molecular flexibility index (Phi) is 6.10. The number of benzene rings is 1. The Morgan fingerprint density at radius 1 is 1.44 bits per heavy atom. The van der Waals surface area contributed by atoms with Crippen LogP contribution in [0.1, 0.15) is 10.4 Å². The van der Waals surface area contributed by atoms with Gasteiger partial charge in [-0.05, 0) is 18.2 Å². The van der Waals surface area contributed by atoms with E-state index in [1.807, 2.05) is 0 Å². The van der Waals surface area contributed by atoms with Gasteiger partial charge in [0.05, 0.1) is 4.90 Å². The highest BCUT2D eigenvalue weighted by atomic mass is 35.5. The van der Waals surface area contributed by atoms with E-state index in [1.54, 1.807) is 0 Å². The molecule has 0 aliphatic rings. The summed E-state index contributed by atoms with van der Waals surface area (Å²) in [6.45, 7) is 0. The molecule has 18 heavy (non-hydrogen) atoms. The van der Waals surface area contributed by atoms with Gasteiger partial charge in [0.2, 0.25) is 5.96 Å². The van der Waals surface area contributed by atoms with E-state index in [4.69, 9.17) is 17.5 Å². The first-order valence-electron chi connectivity index (χ1n) is 4.40. The van der Waals surface area contributed by atoms with E-state index in [2.05, 4.69) is 9.83 Å². The van der Waals surface area contributed by atoms with Crippen molar-refractivity contribution in [2.75, 3.05) is 6.26 Å². The van der Waals surface area contributed by atoms with Gasteiger partial charge in [0.1, 0.15) is 0 Å². The Bertz CT molecular complexity index is 572. The van der Waals surface area contributed by atoms with Crippen molar-refractivity contribution in [3.63, 3.8) is 0 Å². The molecule has 6 nitrogen and oxygen atoms in total. The Balaban J connectivity index is 0.00000289. The molecule has 0 radical (unpaired) electrons. The first-order valence-corrected chi connectivity index (χ1v) is 6.63. The zero-order valence-electron chi connectivity index (χ0n) is 9.25. The van der Waals surface area contributed by atoms with E-state index < -0.39 is 15.7 Å². The number of sulfone groups is 1. The summed E-state index contributed by atoms with van der Waals surface area (Å²) in [4.78, 5) is 11.6. The lowest BCUT2D eigenvalue weighted by Gasteiger charge is -2.04. The molecular formula is C9H11Cl2N3O3S. The van der Waals surface area contributed by atoms with Crippen molar-refractivity contribution in [2.45, 2.75) is 4.90 Å². The third-order valence-corrected chi connectivity index (χ3v) is 3.15. The average Bonchev–Trinajstić information content (AvgIpc) is 2.28. The molecule has 9 heteroatoms. The van der Waals surface area contributed by atoms with Crippen LogP contribution in [0, 0.1) is 0 Å². The number of hydrogen-bond donors (Lipinski definition) is 2. The number of hydrogen-bond acceptors (Lipinski definition) is 4. The quantitative estimate of drug-likeness (QED) is 0.620. The molecule has 1 aromatic carbocycles. The number of nitrogens with zero attached hydrogens (tertiary/aromatic N) is 1. The van der Waals surface area contributed by atoms with Crippen LogP contribution >= 0.6 is 24.2 Å². The van der Waals surface area contributed by atoms with Gasteiger partial charge in [0.15, 0.2) is 9.84 Å². The van der Waals surface area contributed by atoms with E-state index >= 15 is 0 Å². The summed E-state index contributed by atoms with van der Waals surface area (Å²) >= 11 is 5.04. The second-order valence-electron chi connectivity index (χ2n) is 3.22. The second-order valence-corrected chi connectivity index (χ2v) is 5.41. The van der Waals surface area contributed by atoms with Crippen molar-refractivity contribution in [2.24, 2.45) is 10.2 Å². The summed E-state index contributed by atoms with van der Waals surface area (Å²) in [6.07, 6.45) is 1.05. The van der Waals surface area contributed by atoms with Crippen LogP contribution in [0.5, 0.6) is 0 Å². The third kappa shape index (κ3) is 4.52. The van der Waals surface area contributed by atoms with Gasteiger partial charge < -0.3 is 5.73 Å². The lowest BCUT2D eigenvalue weighted by Crippen LogP contribution is -2.36. The molecule has 0 heterocycles. The summed E-state index contributed by atoms with van der Waals surface area (Å²) in [5, 5.41) is 2.19. The molecule has 0 atom stereocenters. The maximum Gasteiger partial charge on any atom is 0.258 e. The Labute approximate surface area is 116 Å². The summed E-state index contributed by atoms with van der Waals surface area (Å²) in [5.74, 6) is -0.848. The number of nitrogens with two attached hydrogens (primary N) is 1. The standard InChI is InChI=1S/C9H10ClN3O3S.ClH/c1-17(15,16)7-4-2-3-6(5-7)8(14)12-9(11)13-10;/h2-5H,1H3,(H3,11,12,13,14);1H. The minimum atomic E-state index is -3.36. The summed E-state index contributed by atoms with van der Waals surface area (Å²) in [7, 11) is -3.36. The first-order chi connectivity index (χ1) is 7.84. The molecule has 1 rings (SSSR count). The maximum absolute atomic E-state index is 11.6. The Hall–Kier alpha value is -1.31. The summed E-state index contributed by atoms with van der Waals surface area (Å²) in [5.41, 5.74) is 5.35. The number of guanidine groups is 1. The highest BCUT2D eigenvalue weighted by Crippen LogP contribution is 2.11. The van der Waals surface area contributed by atoms with Gasteiger partial charge >= 0.3 is 0 Å². The van der Waals surface area contributed by atoms with Gasteiger partial charge in [-0.2, -0.15) is 0 Å². The normalized spacial score (nSPS) is 11.6. The predicted octanol–water partition coefficient (Wildman–Crippen LogP) is 0.710. The molecule has 0 bridgehead atoms. The summed E-state index contributed by atoms with van der Waals surface area (Å²) < 4.78 is 25.6. The van der Waals surface area contributed by atoms with Crippen LogP contribution in [0.2, 0.25) is 0 Å². The molecular weight excluding hydrogens is 301 g/mol. The predicted molar refractivity (Wildman–Crippen MR) is 71.7 cm³/mol. The van der Waals surface area contributed by atoms with Crippen LogP contribution in [0.3, 0.4) is 0 Å². The number of carbonyl (C=O) groups is 1. The fourth-order valence-electron chi connectivity index (χ4n) is 1.08. The highest BCUT2D eigenvalue weighted by Gasteiger charge is 2.12. The zero-order valence-corrected chi connectivity index (χ0v) is 11.6. The molecule has 0 spiro atoms. The SMILES string of the molecule is CS(=O)(=O)c1cccc(C(=O)NC(N)=NCl)c1.Cl. The molecule has 0 unspecified atom stereocenters. The monoisotopic (exact) mass is 311 g/mol. The molecule has 0 aromatic heterocycles. The second kappa shape index (κ2) is 6.58. The van der Waals surface area contributed by atoms with Crippen molar-refractivity contribution in [3.05, 3.63) is 29.8 Å². The van der Waals surface area contributed by atoms with Gasteiger partial charge in [-0.3, -0.25) is 10.1 Å². The Morgan fingerprint density at radius 2 is 2.06 bits per heavy atom. The first kappa shape index (κ1) is 16.7. The molecule has 3 N–H and O–H groups in total. The molecule has 0 saturated carbocycles. The highest BCUT2D eigenvalue weighted by molar-refractivity contribution is 7.90.